The van der Waals surface area contributed by atoms with E-state index in [0.29, 0.717) is 6.54 Å². The molecule has 0 spiro atoms. The summed E-state index contributed by atoms with van der Waals surface area (Å²) in [5.74, 6) is 0. The molecule has 0 saturated carbocycles. The van der Waals surface area contributed by atoms with Gasteiger partial charge in [-0.05, 0) is 31.4 Å². The van der Waals surface area contributed by atoms with E-state index in [2.05, 4.69) is 34.1 Å². The third kappa shape index (κ3) is 2.22. The van der Waals surface area contributed by atoms with Gasteiger partial charge in [0.05, 0.1) is 12.2 Å². The van der Waals surface area contributed by atoms with Crippen LogP contribution in [-0.4, -0.2) is 15.9 Å². The molecule has 0 aliphatic carbocycles. The monoisotopic (exact) mass is 311 g/mol. The number of benzene rings is 1. The van der Waals surface area contributed by atoms with Crippen LogP contribution in [0.25, 0.3) is 4.96 Å². The fourth-order valence-corrected chi connectivity index (χ4v) is 4.04. The highest BCUT2D eigenvalue weighted by molar-refractivity contribution is 7.15. The van der Waals surface area contributed by atoms with Crippen LogP contribution >= 0.6 is 11.3 Å². The van der Waals surface area contributed by atoms with Crippen molar-refractivity contribution < 1.29 is 0 Å². The fourth-order valence-electron chi connectivity index (χ4n) is 3.15. The van der Waals surface area contributed by atoms with E-state index in [1.807, 2.05) is 12.3 Å². The van der Waals surface area contributed by atoms with Crippen LogP contribution in [-0.2, 0) is 13.0 Å². The van der Waals surface area contributed by atoms with Crippen molar-refractivity contribution >= 4 is 22.0 Å². The van der Waals surface area contributed by atoms with Gasteiger partial charge in [0, 0.05) is 29.4 Å². The van der Waals surface area contributed by atoms with Crippen molar-refractivity contribution in [3.63, 3.8) is 0 Å². The van der Waals surface area contributed by atoms with Crippen molar-refractivity contribution in [2.45, 2.75) is 26.3 Å². The van der Waals surface area contributed by atoms with Crippen molar-refractivity contribution in [1.29, 1.82) is 0 Å². The lowest BCUT2D eigenvalue weighted by Gasteiger charge is -2.30. The van der Waals surface area contributed by atoms with Gasteiger partial charge >= 0.3 is 0 Å². The second kappa shape index (κ2) is 5.25. The summed E-state index contributed by atoms with van der Waals surface area (Å²) in [5.41, 5.74) is 4.48. The molecule has 4 rings (SSSR count). The smallest absolute Gasteiger partial charge is 0.259 e. The van der Waals surface area contributed by atoms with E-state index in [0.717, 1.165) is 35.7 Å². The highest BCUT2D eigenvalue weighted by atomic mass is 32.1. The predicted molar refractivity (Wildman–Crippen MR) is 89.9 cm³/mol. The van der Waals surface area contributed by atoms with Crippen LogP contribution in [0.5, 0.6) is 0 Å². The van der Waals surface area contributed by atoms with Crippen LogP contribution in [0.15, 0.2) is 40.5 Å². The molecule has 0 unspecified atom stereocenters. The van der Waals surface area contributed by atoms with E-state index >= 15 is 0 Å². The third-order valence-electron chi connectivity index (χ3n) is 4.19. The van der Waals surface area contributed by atoms with E-state index in [-0.39, 0.29) is 5.56 Å². The number of thiazole rings is 1. The molecule has 5 heteroatoms. The maximum absolute atomic E-state index is 12.3. The molecule has 3 heterocycles. The average molecular weight is 311 g/mol. The zero-order valence-corrected chi connectivity index (χ0v) is 13.3. The van der Waals surface area contributed by atoms with Gasteiger partial charge in [0.15, 0.2) is 4.96 Å². The minimum Gasteiger partial charge on any atom is -0.365 e. The summed E-state index contributed by atoms with van der Waals surface area (Å²) in [6.45, 7) is 3.65. The summed E-state index contributed by atoms with van der Waals surface area (Å²) in [4.78, 5) is 20.1. The van der Waals surface area contributed by atoms with Crippen LogP contribution in [0, 0.1) is 6.92 Å². The largest absolute Gasteiger partial charge is 0.365 e. The number of para-hydroxylation sites is 1. The van der Waals surface area contributed by atoms with Gasteiger partial charge in [0.25, 0.3) is 5.56 Å². The minimum atomic E-state index is 0.0176. The summed E-state index contributed by atoms with van der Waals surface area (Å²) in [5, 5.41) is 1.98. The summed E-state index contributed by atoms with van der Waals surface area (Å²) in [6.07, 6.45) is 2.28. The Morgan fingerprint density at radius 2 is 2.18 bits per heavy atom. The molecule has 0 N–H and O–H groups in total. The third-order valence-corrected chi connectivity index (χ3v) is 5.13. The molecule has 0 atom stereocenters. The van der Waals surface area contributed by atoms with E-state index in [9.17, 15) is 4.79 Å². The summed E-state index contributed by atoms with van der Waals surface area (Å²) in [7, 11) is 0. The first-order valence-corrected chi connectivity index (χ1v) is 8.40. The normalized spacial score (nSPS) is 14.3. The molecule has 112 valence electrons. The minimum absolute atomic E-state index is 0.0176. The molecule has 1 aliphatic rings. The Morgan fingerprint density at radius 1 is 1.32 bits per heavy atom. The van der Waals surface area contributed by atoms with Crippen molar-refractivity contribution in [3.8, 4) is 0 Å². The molecule has 0 radical (unpaired) electrons. The standard InChI is InChI=1S/C17H17N3OS/c1-12-11-22-17-18-14(9-16(21)20(12)17)10-19-8-4-6-13-5-2-3-7-15(13)19/h2-3,5,7,9,11H,4,6,8,10H2,1H3. The van der Waals surface area contributed by atoms with Gasteiger partial charge < -0.3 is 4.90 Å². The zero-order valence-electron chi connectivity index (χ0n) is 12.5. The Balaban J connectivity index is 1.71. The van der Waals surface area contributed by atoms with Gasteiger partial charge in [-0.25, -0.2) is 4.98 Å². The maximum atomic E-state index is 12.3. The number of hydrogen-bond donors (Lipinski definition) is 0. The van der Waals surface area contributed by atoms with Crippen molar-refractivity contribution in [2.24, 2.45) is 0 Å². The number of anilines is 1. The van der Waals surface area contributed by atoms with Gasteiger partial charge in [0.1, 0.15) is 0 Å². The van der Waals surface area contributed by atoms with Crippen LogP contribution < -0.4 is 10.5 Å². The number of aryl methyl sites for hydroxylation is 2. The van der Waals surface area contributed by atoms with Gasteiger partial charge in [-0.3, -0.25) is 9.20 Å². The number of rotatable bonds is 2. The van der Waals surface area contributed by atoms with E-state index in [1.165, 1.54) is 22.6 Å². The lowest BCUT2D eigenvalue weighted by Crippen LogP contribution is -2.30. The summed E-state index contributed by atoms with van der Waals surface area (Å²) >= 11 is 1.52. The fraction of sp³-hybridized carbons (Fsp3) is 0.294. The SMILES string of the molecule is Cc1csc2nc(CN3CCCc4ccccc43)cc(=O)n12. The molecule has 0 amide bonds. The van der Waals surface area contributed by atoms with Crippen molar-refractivity contribution in [3.05, 3.63) is 63.0 Å². The molecule has 1 aliphatic heterocycles. The Morgan fingerprint density at radius 3 is 3.09 bits per heavy atom. The van der Waals surface area contributed by atoms with Crippen molar-refractivity contribution in [1.82, 2.24) is 9.38 Å². The summed E-state index contributed by atoms with van der Waals surface area (Å²) < 4.78 is 1.68. The van der Waals surface area contributed by atoms with E-state index < -0.39 is 0 Å². The highest BCUT2D eigenvalue weighted by Crippen LogP contribution is 2.27. The predicted octanol–water partition coefficient (Wildman–Crippen LogP) is 3.02. The van der Waals surface area contributed by atoms with Gasteiger partial charge in [0.2, 0.25) is 0 Å². The first-order valence-electron chi connectivity index (χ1n) is 7.52. The Hall–Kier alpha value is -2.14. The molecule has 1 aromatic carbocycles. The van der Waals surface area contributed by atoms with Crippen molar-refractivity contribution in [2.75, 3.05) is 11.4 Å². The van der Waals surface area contributed by atoms with Gasteiger partial charge in [-0.2, -0.15) is 0 Å². The average Bonchev–Trinajstić information content (AvgIpc) is 2.89. The molecule has 4 nitrogen and oxygen atoms in total. The molecular weight excluding hydrogens is 294 g/mol. The maximum Gasteiger partial charge on any atom is 0.259 e. The topological polar surface area (TPSA) is 37.6 Å². The van der Waals surface area contributed by atoms with E-state index in [1.54, 1.807) is 10.5 Å². The van der Waals surface area contributed by atoms with Gasteiger partial charge in [-0.1, -0.05) is 18.2 Å². The molecule has 0 saturated heterocycles. The Kier molecular flexibility index (Phi) is 3.22. The number of nitrogens with zero attached hydrogens (tertiary/aromatic N) is 3. The first kappa shape index (κ1) is 13.5. The zero-order chi connectivity index (χ0) is 15.1. The quantitative estimate of drug-likeness (QED) is 0.730. The highest BCUT2D eigenvalue weighted by Gasteiger charge is 2.17. The van der Waals surface area contributed by atoms with Crippen LogP contribution in [0.4, 0.5) is 5.69 Å². The Bertz CT molecular complexity index is 896. The Labute approximate surface area is 132 Å². The lowest BCUT2D eigenvalue weighted by molar-refractivity contribution is 0.683. The molecule has 0 bridgehead atoms. The molecule has 2 aromatic heterocycles. The second-order valence-corrected chi connectivity index (χ2v) is 6.57. The molecular formula is C17H17N3OS. The molecule has 22 heavy (non-hydrogen) atoms. The van der Waals surface area contributed by atoms with Crippen LogP contribution in [0.1, 0.15) is 23.4 Å². The molecule has 0 fully saturated rings. The number of fused-ring (bicyclic) bond motifs is 2. The van der Waals surface area contributed by atoms with Gasteiger partial charge in [-0.15, -0.1) is 11.3 Å². The van der Waals surface area contributed by atoms with Crippen LogP contribution in [0.2, 0.25) is 0 Å². The lowest BCUT2D eigenvalue weighted by atomic mass is 10.0. The first-order chi connectivity index (χ1) is 10.7. The number of hydrogen-bond acceptors (Lipinski definition) is 4. The van der Waals surface area contributed by atoms with Crippen LogP contribution in [0.3, 0.4) is 0 Å². The molecule has 3 aromatic rings. The number of aromatic nitrogens is 2. The van der Waals surface area contributed by atoms with E-state index in [4.69, 9.17) is 0 Å². The second-order valence-electron chi connectivity index (χ2n) is 5.73. The summed E-state index contributed by atoms with van der Waals surface area (Å²) in [6, 6.07) is 10.2.